The largest absolute Gasteiger partial charge is 0.507 e. The minimum absolute atomic E-state index is 0.149. The summed E-state index contributed by atoms with van der Waals surface area (Å²) < 4.78 is 13.1. The zero-order valence-electron chi connectivity index (χ0n) is 9.36. The van der Waals surface area contributed by atoms with Crippen LogP contribution in [-0.2, 0) is 6.42 Å². The number of aromatic hydroxyl groups is 1. The van der Waals surface area contributed by atoms with Gasteiger partial charge in [-0.1, -0.05) is 18.2 Å². The van der Waals surface area contributed by atoms with Gasteiger partial charge in [0.25, 0.3) is 0 Å². The van der Waals surface area contributed by atoms with Crippen LogP contribution in [-0.4, -0.2) is 11.7 Å². The van der Waals surface area contributed by atoms with Gasteiger partial charge in [0, 0.05) is 5.56 Å². The van der Waals surface area contributed by atoms with Gasteiger partial charge in [-0.3, -0.25) is 0 Å². The Hall–Kier alpha value is -1.87. The number of rotatable bonds is 3. The number of benzene rings is 2. The summed E-state index contributed by atoms with van der Waals surface area (Å²) in [5.41, 5.74) is 7.82. The Balaban J connectivity index is 2.46. The fourth-order valence-corrected chi connectivity index (χ4v) is 1.79. The van der Waals surface area contributed by atoms with Crippen molar-refractivity contribution in [1.82, 2.24) is 0 Å². The second-order valence-electron chi connectivity index (χ2n) is 3.90. The normalized spacial score (nSPS) is 10.5. The lowest BCUT2D eigenvalue weighted by Crippen LogP contribution is -2.02. The summed E-state index contributed by atoms with van der Waals surface area (Å²) in [7, 11) is 0. The van der Waals surface area contributed by atoms with Crippen molar-refractivity contribution >= 4 is 0 Å². The van der Waals surface area contributed by atoms with E-state index < -0.39 is 0 Å². The number of hydrogen-bond acceptors (Lipinski definition) is 2. The standard InChI is InChI=1S/C14H14FNO/c15-12-3-1-2-11(9-12)13-8-10(6-7-16)4-5-14(13)17/h1-5,8-9,17H,6-7,16H2. The molecule has 0 saturated carbocycles. The smallest absolute Gasteiger partial charge is 0.123 e. The van der Waals surface area contributed by atoms with E-state index in [-0.39, 0.29) is 11.6 Å². The van der Waals surface area contributed by atoms with Crippen LogP contribution in [0.4, 0.5) is 4.39 Å². The fraction of sp³-hybridized carbons (Fsp3) is 0.143. The molecule has 0 fully saturated rings. The molecule has 88 valence electrons. The van der Waals surface area contributed by atoms with Gasteiger partial charge in [0.1, 0.15) is 11.6 Å². The average molecular weight is 231 g/mol. The average Bonchev–Trinajstić information content (AvgIpc) is 2.32. The molecule has 3 N–H and O–H groups in total. The summed E-state index contributed by atoms with van der Waals surface area (Å²) >= 11 is 0. The summed E-state index contributed by atoms with van der Waals surface area (Å²) in [5.74, 6) is -0.164. The van der Waals surface area contributed by atoms with Crippen LogP contribution in [0.5, 0.6) is 5.75 Å². The van der Waals surface area contributed by atoms with E-state index in [9.17, 15) is 9.50 Å². The van der Waals surface area contributed by atoms with Gasteiger partial charge in [-0.05, 0) is 48.4 Å². The fourth-order valence-electron chi connectivity index (χ4n) is 1.79. The maximum atomic E-state index is 13.1. The van der Waals surface area contributed by atoms with Crippen LogP contribution in [0.2, 0.25) is 0 Å². The predicted octanol–water partition coefficient (Wildman–Crippen LogP) is 2.70. The van der Waals surface area contributed by atoms with Crippen molar-refractivity contribution < 1.29 is 9.50 Å². The van der Waals surface area contributed by atoms with Crippen LogP contribution in [0.3, 0.4) is 0 Å². The molecule has 0 aliphatic carbocycles. The van der Waals surface area contributed by atoms with E-state index in [2.05, 4.69) is 0 Å². The van der Waals surface area contributed by atoms with Gasteiger partial charge < -0.3 is 10.8 Å². The molecule has 0 aliphatic rings. The Kier molecular flexibility index (Phi) is 3.40. The third-order valence-electron chi connectivity index (χ3n) is 2.63. The van der Waals surface area contributed by atoms with Crippen LogP contribution >= 0.6 is 0 Å². The summed E-state index contributed by atoms with van der Waals surface area (Å²) in [5, 5.41) is 9.79. The minimum atomic E-state index is -0.314. The Morgan fingerprint density at radius 2 is 1.94 bits per heavy atom. The van der Waals surface area contributed by atoms with E-state index in [1.54, 1.807) is 18.2 Å². The van der Waals surface area contributed by atoms with E-state index in [4.69, 9.17) is 5.73 Å². The monoisotopic (exact) mass is 231 g/mol. The van der Waals surface area contributed by atoms with Gasteiger partial charge in [0.2, 0.25) is 0 Å². The summed E-state index contributed by atoms with van der Waals surface area (Å²) in [6.45, 7) is 0.549. The molecule has 0 aromatic heterocycles. The Labute approximate surface area is 99.5 Å². The highest BCUT2D eigenvalue weighted by atomic mass is 19.1. The van der Waals surface area contributed by atoms with Crippen molar-refractivity contribution in [3.8, 4) is 16.9 Å². The zero-order chi connectivity index (χ0) is 12.3. The molecular weight excluding hydrogens is 217 g/mol. The first kappa shape index (κ1) is 11.6. The molecule has 0 bridgehead atoms. The van der Waals surface area contributed by atoms with Crippen molar-refractivity contribution in [1.29, 1.82) is 0 Å². The Morgan fingerprint density at radius 1 is 1.12 bits per heavy atom. The van der Waals surface area contributed by atoms with Gasteiger partial charge in [-0.25, -0.2) is 4.39 Å². The first-order valence-corrected chi connectivity index (χ1v) is 5.48. The second kappa shape index (κ2) is 4.97. The molecule has 3 heteroatoms. The summed E-state index contributed by atoms with van der Waals surface area (Å²) in [6.07, 6.45) is 0.739. The van der Waals surface area contributed by atoms with Gasteiger partial charge in [-0.2, -0.15) is 0 Å². The van der Waals surface area contributed by atoms with Crippen molar-refractivity contribution in [3.63, 3.8) is 0 Å². The van der Waals surface area contributed by atoms with Crippen LogP contribution in [0.25, 0.3) is 11.1 Å². The summed E-state index contributed by atoms with van der Waals surface area (Å²) in [6, 6.07) is 11.5. The second-order valence-corrected chi connectivity index (χ2v) is 3.90. The van der Waals surface area contributed by atoms with Crippen LogP contribution < -0.4 is 5.73 Å². The molecule has 0 atom stereocenters. The van der Waals surface area contributed by atoms with E-state index in [1.165, 1.54) is 12.1 Å². The number of halogens is 1. The van der Waals surface area contributed by atoms with Crippen molar-refractivity contribution in [2.75, 3.05) is 6.54 Å². The molecule has 0 spiro atoms. The quantitative estimate of drug-likeness (QED) is 0.853. The predicted molar refractivity (Wildman–Crippen MR) is 66.3 cm³/mol. The molecule has 0 saturated heterocycles. The van der Waals surface area contributed by atoms with Gasteiger partial charge in [0.15, 0.2) is 0 Å². The third kappa shape index (κ3) is 2.63. The van der Waals surface area contributed by atoms with E-state index >= 15 is 0 Å². The highest BCUT2D eigenvalue weighted by molar-refractivity contribution is 5.70. The summed E-state index contributed by atoms with van der Waals surface area (Å²) in [4.78, 5) is 0. The first-order valence-electron chi connectivity index (χ1n) is 5.48. The molecule has 0 heterocycles. The van der Waals surface area contributed by atoms with Crippen molar-refractivity contribution in [3.05, 3.63) is 53.8 Å². The lowest BCUT2D eigenvalue weighted by Gasteiger charge is -2.07. The molecule has 2 rings (SSSR count). The number of phenolic OH excluding ortho intramolecular Hbond substituents is 1. The van der Waals surface area contributed by atoms with E-state index in [0.717, 1.165) is 12.0 Å². The number of phenols is 1. The highest BCUT2D eigenvalue weighted by Gasteiger charge is 2.06. The highest BCUT2D eigenvalue weighted by Crippen LogP contribution is 2.30. The minimum Gasteiger partial charge on any atom is -0.507 e. The number of nitrogens with two attached hydrogens (primary N) is 1. The lowest BCUT2D eigenvalue weighted by molar-refractivity contribution is 0.477. The van der Waals surface area contributed by atoms with Gasteiger partial charge in [0.05, 0.1) is 0 Å². The molecule has 2 nitrogen and oxygen atoms in total. The van der Waals surface area contributed by atoms with E-state index in [0.29, 0.717) is 17.7 Å². The molecule has 0 aliphatic heterocycles. The topological polar surface area (TPSA) is 46.2 Å². The van der Waals surface area contributed by atoms with E-state index in [1.807, 2.05) is 12.1 Å². The molecular formula is C14H14FNO. The molecule has 17 heavy (non-hydrogen) atoms. The maximum absolute atomic E-state index is 13.1. The third-order valence-corrected chi connectivity index (χ3v) is 2.63. The number of hydrogen-bond donors (Lipinski definition) is 2. The Morgan fingerprint density at radius 3 is 2.65 bits per heavy atom. The van der Waals surface area contributed by atoms with Crippen LogP contribution in [0.15, 0.2) is 42.5 Å². The van der Waals surface area contributed by atoms with Crippen LogP contribution in [0, 0.1) is 5.82 Å². The molecule has 2 aromatic carbocycles. The van der Waals surface area contributed by atoms with Crippen molar-refractivity contribution in [2.24, 2.45) is 5.73 Å². The Bertz CT molecular complexity index is 525. The SMILES string of the molecule is NCCc1ccc(O)c(-c2cccc(F)c2)c1. The molecule has 0 amide bonds. The zero-order valence-corrected chi connectivity index (χ0v) is 9.36. The first-order chi connectivity index (χ1) is 8.20. The molecule has 0 radical (unpaired) electrons. The van der Waals surface area contributed by atoms with Gasteiger partial charge >= 0.3 is 0 Å². The lowest BCUT2D eigenvalue weighted by atomic mass is 10.0. The van der Waals surface area contributed by atoms with Gasteiger partial charge in [-0.15, -0.1) is 0 Å². The molecule has 2 aromatic rings. The van der Waals surface area contributed by atoms with Crippen molar-refractivity contribution in [2.45, 2.75) is 6.42 Å². The maximum Gasteiger partial charge on any atom is 0.123 e. The van der Waals surface area contributed by atoms with Crippen LogP contribution in [0.1, 0.15) is 5.56 Å². The molecule has 0 unspecified atom stereocenters.